The van der Waals surface area contributed by atoms with Gasteiger partial charge in [0.2, 0.25) is 11.8 Å². The molecule has 0 aliphatic heterocycles. The summed E-state index contributed by atoms with van der Waals surface area (Å²) in [5.41, 5.74) is 0.972. The van der Waals surface area contributed by atoms with E-state index in [1.54, 1.807) is 12.2 Å². The average molecular weight is 250 g/mol. The average Bonchev–Trinajstić information content (AvgIpc) is 2.32. The molecule has 18 heavy (non-hydrogen) atoms. The van der Waals surface area contributed by atoms with Crippen molar-refractivity contribution in [1.82, 2.24) is 10.6 Å². The molecule has 0 aromatic carbocycles. The van der Waals surface area contributed by atoms with Gasteiger partial charge in [0.1, 0.15) is 6.04 Å². The lowest BCUT2D eigenvalue weighted by Gasteiger charge is -2.17. The van der Waals surface area contributed by atoms with Crippen molar-refractivity contribution < 1.29 is 9.59 Å². The number of amides is 2. The molecule has 1 atom stereocenters. The monoisotopic (exact) mass is 250 g/mol. The summed E-state index contributed by atoms with van der Waals surface area (Å²) in [6.07, 6.45) is 7.72. The van der Waals surface area contributed by atoms with Crippen LogP contribution in [0.1, 0.15) is 27.2 Å². The molecular weight excluding hydrogens is 228 g/mol. The number of carbonyl (C=O) groups excluding carboxylic acids is 2. The molecule has 0 saturated carbocycles. The van der Waals surface area contributed by atoms with Crippen molar-refractivity contribution in [2.75, 3.05) is 6.54 Å². The van der Waals surface area contributed by atoms with E-state index < -0.39 is 6.04 Å². The highest BCUT2D eigenvalue weighted by atomic mass is 16.2. The molecule has 0 aliphatic carbocycles. The molecule has 4 heteroatoms. The fraction of sp³-hybridized carbons (Fsp3) is 0.429. The molecule has 0 spiro atoms. The second kappa shape index (κ2) is 9.22. The number of hydrogen-bond acceptors (Lipinski definition) is 2. The highest BCUT2D eigenvalue weighted by molar-refractivity contribution is 5.87. The van der Waals surface area contributed by atoms with E-state index >= 15 is 0 Å². The first-order valence-electron chi connectivity index (χ1n) is 6.04. The van der Waals surface area contributed by atoms with E-state index in [4.69, 9.17) is 0 Å². The van der Waals surface area contributed by atoms with E-state index in [0.29, 0.717) is 13.0 Å². The summed E-state index contributed by atoms with van der Waals surface area (Å²) >= 11 is 0. The van der Waals surface area contributed by atoms with Crippen molar-refractivity contribution in [3.63, 3.8) is 0 Å². The topological polar surface area (TPSA) is 58.2 Å². The quantitative estimate of drug-likeness (QED) is 0.676. The SMILES string of the molecule is C=C/C=C\C(=C/C)CC(NC(C)=O)C(=O)NCC. The molecule has 0 aromatic heterocycles. The summed E-state index contributed by atoms with van der Waals surface area (Å²) in [4.78, 5) is 22.9. The van der Waals surface area contributed by atoms with Gasteiger partial charge < -0.3 is 10.6 Å². The van der Waals surface area contributed by atoms with Crippen LogP contribution in [0.15, 0.2) is 36.5 Å². The number of allylic oxidation sites excluding steroid dienone is 4. The number of likely N-dealkylation sites (N-methyl/N-ethyl adjacent to an activating group) is 1. The van der Waals surface area contributed by atoms with E-state index in [1.165, 1.54) is 6.92 Å². The van der Waals surface area contributed by atoms with Crippen LogP contribution in [-0.2, 0) is 9.59 Å². The summed E-state index contributed by atoms with van der Waals surface area (Å²) < 4.78 is 0. The molecule has 0 radical (unpaired) electrons. The van der Waals surface area contributed by atoms with Crippen LogP contribution in [0, 0.1) is 0 Å². The number of rotatable bonds is 7. The molecule has 4 nitrogen and oxygen atoms in total. The number of nitrogens with one attached hydrogen (secondary N) is 2. The van der Waals surface area contributed by atoms with Gasteiger partial charge in [-0.05, 0) is 19.4 Å². The Bertz CT molecular complexity index is 357. The zero-order valence-corrected chi connectivity index (χ0v) is 11.3. The van der Waals surface area contributed by atoms with Crippen LogP contribution in [0.4, 0.5) is 0 Å². The first-order chi connectivity index (χ1) is 8.54. The maximum atomic E-state index is 11.8. The Balaban J connectivity index is 4.75. The molecule has 100 valence electrons. The Morgan fingerprint density at radius 1 is 1.39 bits per heavy atom. The van der Waals surface area contributed by atoms with Crippen LogP contribution in [0.25, 0.3) is 0 Å². The third-order valence-corrected chi connectivity index (χ3v) is 2.30. The fourth-order valence-electron chi connectivity index (χ4n) is 1.46. The predicted octanol–water partition coefficient (Wildman–Crippen LogP) is 1.71. The van der Waals surface area contributed by atoms with Gasteiger partial charge in [0, 0.05) is 19.9 Å². The molecule has 0 aliphatic rings. The minimum atomic E-state index is -0.539. The third-order valence-electron chi connectivity index (χ3n) is 2.30. The second-order valence-corrected chi connectivity index (χ2v) is 3.81. The minimum Gasteiger partial charge on any atom is -0.355 e. The molecule has 2 N–H and O–H groups in total. The van der Waals surface area contributed by atoms with Crippen LogP contribution in [-0.4, -0.2) is 24.4 Å². The van der Waals surface area contributed by atoms with E-state index in [0.717, 1.165) is 5.57 Å². The van der Waals surface area contributed by atoms with Crippen molar-refractivity contribution in [1.29, 1.82) is 0 Å². The summed E-state index contributed by atoms with van der Waals surface area (Å²) in [7, 11) is 0. The van der Waals surface area contributed by atoms with Crippen LogP contribution in [0.5, 0.6) is 0 Å². The Labute approximate surface area is 109 Å². The molecular formula is C14H22N2O2. The fourth-order valence-corrected chi connectivity index (χ4v) is 1.46. The second-order valence-electron chi connectivity index (χ2n) is 3.81. The lowest BCUT2D eigenvalue weighted by Crippen LogP contribution is -2.46. The summed E-state index contributed by atoms with van der Waals surface area (Å²) in [5, 5.41) is 5.37. The van der Waals surface area contributed by atoms with Crippen LogP contribution < -0.4 is 10.6 Å². The van der Waals surface area contributed by atoms with Crippen molar-refractivity contribution >= 4 is 11.8 Å². The van der Waals surface area contributed by atoms with Gasteiger partial charge >= 0.3 is 0 Å². The van der Waals surface area contributed by atoms with E-state index in [-0.39, 0.29) is 11.8 Å². The Kier molecular flexibility index (Phi) is 8.27. The lowest BCUT2D eigenvalue weighted by atomic mass is 10.0. The van der Waals surface area contributed by atoms with Crippen molar-refractivity contribution in [3.05, 3.63) is 36.5 Å². The normalized spacial score (nSPS) is 13.2. The molecule has 0 aromatic rings. The van der Waals surface area contributed by atoms with Gasteiger partial charge in [-0.3, -0.25) is 9.59 Å². The lowest BCUT2D eigenvalue weighted by molar-refractivity contribution is -0.127. The van der Waals surface area contributed by atoms with Crippen molar-refractivity contribution in [2.45, 2.75) is 33.2 Å². The van der Waals surface area contributed by atoms with E-state index in [9.17, 15) is 9.59 Å². The zero-order chi connectivity index (χ0) is 14.0. The maximum absolute atomic E-state index is 11.8. The highest BCUT2D eigenvalue weighted by Gasteiger charge is 2.19. The summed E-state index contributed by atoms with van der Waals surface area (Å²) in [5.74, 6) is -0.381. The number of carbonyl (C=O) groups is 2. The van der Waals surface area contributed by atoms with Crippen LogP contribution in [0.2, 0.25) is 0 Å². The maximum Gasteiger partial charge on any atom is 0.242 e. The van der Waals surface area contributed by atoms with E-state index in [2.05, 4.69) is 17.2 Å². The van der Waals surface area contributed by atoms with Gasteiger partial charge in [0.15, 0.2) is 0 Å². The van der Waals surface area contributed by atoms with Crippen molar-refractivity contribution in [2.24, 2.45) is 0 Å². The van der Waals surface area contributed by atoms with Crippen molar-refractivity contribution in [3.8, 4) is 0 Å². The molecule has 0 fully saturated rings. The van der Waals surface area contributed by atoms with Gasteiger partial charge in [-0.1, -0.05) is 30.9 Å². The summed E-state index contributed by atoms with van der Waals surface area (Å²) in [6.45, 7) is 9.28. The minimum absolute atomic E-state index is 0.168. The molecule has 0 bridgehead atoms. The Morgan fingerprint density at radius 3 is 2.50 bits per heavy atom. The largest absolute Gasteiger partial charge is 0.355 e. The standard InChI is InChI=1S/C14H22N2O2/c1-5-8-9-12(6-2)10-13(16-11(4)17)14(18)15-7-3/h5-6,8-9,13H,1,7,10H2,2-4H3,(H,15,18)(H,16,17)/b9-8-,12-6+. The highest BCUT2D eigenvalue weighted by Crippen LogP contribution is 2.08. The molecule has 0 rings (SSSR count). The van der Waals surface area contributed by atoms with E-state index in [1.807, 2.05) is 26.0 Å². The zero-order valence-electron chi connectivity index (χ0n) is 11.3. The molecule has 0 heterocycles. The number of hydrogen-bond donors (Lipinski definition) is 2. The Morgan fingerprint density at radius 2 is 2.06 bits per heavy atom. The first-order valence-corrected chi connectivity index (χ1v) is 6.04. The van der Waals surface area contributed by atoms with Gasteiger partial charge in [0.25, 0.3) is 0 Å². The Hall–Kier alpha value is -1.84. The van der Waals surface area contributed by atoms with Gasteiger partial charge in [-0.2, -0.15) is 0 Å². The van der Waals surface area contributed by atoms with Gasteiger partial charge in [0.05, 0.1) is 0 Å². The van der Waals surface area contributed by atoms with Gasteiger partial charge in [-0.15, -0.1) is 0 Å². The molecule has 0 saturated heterocycles. The molecule has 2 amide bonds. The van der Waals surface area contributed by atoms with Gasteiger partial charge in [-0.25, -0.2) is 0 Å². The smallest absolute Gasteiger partial charge is 0.242 e. The van der Waals surface area contributed by atoms with Crippen LogP contribution in [0.3, 0.4) is 0 Å². The third kappa shape index (κ3) is 6.68. The van der Waals surface area contributed by atoms with Crippen LogP contribution >= 0.6 is 0 Å². The summed E-state index contributed by atoms with van der Waals surface area (Å²) in [6, 6.07) is -0.539. The molecule has 1 unspecified atom stereocenters. The predicted molar refractivity (Wildman–Crippen MR) is 74.0 cm³/mol. The first kappa shape index (κ1) is 16.2.